The van der Waals surface area contributed by atoms with Crippen LogP contribution in [0.5, 0.6) is 0 Å². The number of ether oxygens (including phenoxy) is 1. The van der Waals surface area contributed by atoms with E-state index >= 15 is 0 Å². The minimum atomic E-state index is -0.246. The SMILES string of the molecule is CCOC(=O)CN(C)c1ccc(C)o1. The van der Waals surface area contributed by atoms with E-state index in [9.17, 15) is 4.79 Å². The van der Waals surface area contributed by atoms with Crippen LogP contribution in [0.1, 0.15) is 12.7 Å². The van der Waals surface area contributed by atoms with Gasteiger partial charge in [0.1, 0.15) is 12.3 Å². The summed E-state index contributed by atoms with van der Waals surface area (Å²) in [5.41, 5.74) is 0. The molecule has 4 nitrogen and oxygen atoms in total. The molecule has 0 saturated carbocycles. The van der Waals surface area contributed by atoms with Crippen molar-refractivity contribution in [3.8, 4) is 0 Å². The highest BCUT2D eigenvalue weighted by atomic mass is 16.5. The van der Waals surface area contributed by atoms with Crippen LogP contribution in [0.4, 0.5) is 5.88 Å². The number of carbonyl (C=O) groups is 1. The van der Waals surface area contributed by atoms with Crippen LogP contribution in [0.25, 0.3) is 0 Å². The molecule has 0 atom stereocenters. The minimum Gasteiger partial charge on any atom is -0.465 e. The van der Waals surface area contributed by atoms with Crippen molar-refractivity contribution >= 4 is 11.9 Å². The van der Waals surface area contributed by atoms with Gasteiger partial charge >= 0.3 is 5.97 Å². The molecule has 1 heterocycles. The van der Waals surface area contributed by atoms with Crippen molar-refractivity contribution in [1.29, 1.82) is 0 Å². The molecule has 0 aliphatic heterocycles. The number of esters is 1. The van der Waals surface area contributed by atoms with Gasteiger partial charge in [0.05, 0.1) is 6.61 Å². The lowest BCUT2D eigenvalue weighted by molar-refractivity contribution is -0.141. The Kier molecular flexibility index (Phi) is 3.56. The molecule has 0 unspecified atom stereocenters. The molecule has 4 heteroatoms. The van der Waals surface area contributed by atoms with Crippen LogP contribution in [0, 0.1) is 6.92 Å². The largest absolute Gasteiger partial charge is 0.465 e. The lowest BCUT2D eigenvalue weighted by atomic mass is 10.5. The molecule has 0 aliphatic carbocycles. The molecule has 0 spiro atoms. The number of furan rings is 1. The van der Waals surface area contributed by atoms with Gasteiger partial charge in [0.15, 0.2) is 5.88 Å². The van der Waals surface area contributed by atoms with E-state index in [1.54, 1.807) is 18.9 Å². The number of rotatable bonds is 4. The van der Waals surface area contributed by atoms with E-state index in [1.165, 1.54) is 0 Å². The number of hydrogen-bond acceptors (Lipinski definition) is 4. The molecule has 0 radical (unpaired) electrons. The van der Waals surface area contributed by atoms with Gasteiger partial charge < -0.3 is 14.1 Å². The molecule has 0 amide bonds. The molecule has 78 valence electrons. The summed E-state index contributed by atoms with van der Waals surface area (Å²) in [6.07, 6.45) is 0. The van der Waals surface area contributed by atoms with Crippen LogP contribution in [0.2, 0.25) is 0 Å². The molecule has 0 aliphatic rings. The Morgan fingerprint density at radius 1 is 1.57 bits per heavy atom. The monoisotopic (exact) mass is 197 g/mol. The quantitative estimate of drug-likeness (QED) is 0.687. The summed E-state index contributed by atoms with van der Waals surface area (Å²) in [6, 6.07) is 3.69. The third-order valence-electron chi connectivity index (χ3n) is 1.77. The first-order valence-corrected chi connectivity index (χ1v) is 4.56. The summed E-state index contributed by atoms with van der Waals surface area (Å²) in [7, 11) is 1.79. The second kappa shape index (κ2) is 4.69. The van der Waals surface area contributed by atoms with Gasteiger partial charge in [-0.1, -0.05) is 0 Å². The van der Waals surface area contributed by atoms with Gasteiger partial charge in [-0.3, -0.25) is 4.79 Å². The number of aryl methyl sites for hydroxylation is 1. The number of nitrogens with zero attached hydrogens (tertiary/aromatic N) is 1. The highest BCUT2D eigenvalue weighted by molar-refractivity contribution is 5.74. The number of hydrogen-bond donors (Lipinski definition) is 0. The van der Waals surface area contributed by atoms with Crippen LogP contribution >= 0.6 is 0 Å². The summed E-state index contributed by atoms with van der Waals surface area (Å²) in [6.45, 7) is 4.27. The van der Waals surface area contributed by atoms with E-state index in [1.807, 2.05) is 19.1 Å². The third kappa shape index (κ3) is 2.80. The Balaban J connectivity index is 2.50. The molecule has 1 aromatic heterocycles. The Labute approximate surface area is 83.5 Å². The van der Waals surface area contributed by atoms with Gasteiger partial charge in [-0.2, -0.15) is 0 Å². The van der Waals surface area contributed by atoms with Crippen molar-refractivity contribution in [2.75, 3.05) is 25.1 Å². The Morgan fingerprint density at radius 2 is 2.29 bits per heavy atom. The topological polar surface area (TPSA) is 42.7 Å². The van der Waals surface area contributed by atoms with Crippen molar-refractivity contribution in [2.24, 2.45) is 0 Å². The van der Waals surface area contributed by atoms with Crippen molar-refractivity contribution in [2.45, 2.75) is 13.8 Å². The molecular weight excluding hydrogens is 182 g/mol. The van der Waals surface area contributed by atoms with Crippen LogP contribution in [0.3, 0.4) is 0 Å². The maximum atomic E-state index is 11.1. The second-order valence-corrected chi connectivity index (χ2v) is 3.05. The van der Waals surface area contributed by atoms with Gasteiger partial charge in [-0.05, 0) is 19.9 Å². The molecule has 0 fully saturated rings. The first-order chi connectivity index (χ1) is 6.63. The van der Waals surface area contributed by atoms with Gasteiger partial charge in [0.25, 0.3) is 0 Å². The van der Waals surface area contributed by atoms with Gasteiger partial charge in [0.2, 0.25) is 0 Å². The third-order valence-corrected chi connectivity index (χ3v) is 1.77. The normalized spacial score (nSPS) is 9.93. The van der Waals surface area contributed by atoms with Crippen molar-refractivity contribution in [1.82, 2.24) is 0 Å². The van der Waals surface area contributed by atoms with E-state index < -0.39 is 0 Å². The Morgan fingerprint density at radius 3 is 2.79 bits per heavy atom. The summed E-state index contributed by atoms with van der Waals surface area (Å²) in [5.74, 6) is 1.26. The molecule has 0 aromatic carbocycles. The molecule has 1 aromatic rings. The minimum absolute atomic E-state index is 0.209. The van der Waals surface area contributed by atoms with E-state index in [0.717, 1.165) is 5.76 Å². The molecule has 0 N–H and O–H groups in total. The van der Waals surface area contributed by atoms with Gasteiger partial charge in [-0.15, -0.1) is 0 Å². The molecule has 1 rings (SSSR count). The fourth-order valence-electron chi connectivity index (χ4n) is 1.10. The Hall–Kier alpha value is -1.45. The standard InChI is InChI=1S/C10H15NO3/c1-4-13-10(12)7-11(3)9-6-5-8(2)14-9/h5-6H,4,7H2,1-3H3. The fraction of sp³-hybridized carbons (Fsp3) is 0.500. The first-order valence-electron chi connectivity index (χ1n) is 4.56. The average Bonchev–Trinajstić information content (AvgIpc) is 2.52. The zero-order chi connectivity index (χ0) is 10.6. The van der Waals surface area contributed by atoms with Crippen molar-refractivity contribution in [3.63, 3.8) is 0 Å². The summed E-state index contributed by atoms with van der Waals surface area (Å²) in [5, 5.41) is 0. The number of likely N-dealkylation sites (N-methyl/N-ethyl adjacent to an activating group) is 1. The average molecular weight is 197 g/mol. The summed E-state index contributed by atoms with van der Waals surface area (Å²) >= 11 is 0. The number of anilines is 1. The van der Waals surface area contributed by atoms with Crippen LogP contribution in [0.15, 0.2) is 16.5 Å². The maximum Gasteiger partial charge on any atom is 0.325 e. The fourth-order valence-corrected chi connectivity index (χ4v) is 1.10. The summed E-state index contributed by atoms with van der Waals surface area (Å²) in [4.78, 5) is 12.8. The Bertz CT molecular complexity index is 306. The predicted molar refractivity (Wildman–Crippen MR) is 53.3 cm³/mol. The summed E-state index contributed by atoms with van der Waals surface area (Å²) < 4.78 is 10.2. The highest BCUT2D eigenvalue weighted by Crippen LogP contribution is 2.15. The van der Waals surface area contributed by atoms with Crippen molar-refractivity contribution < 1.29 is 13.9 Å². The molecule has 0 saturated heterocycles. The molecule has 0 bridgehead atoms. The van der Waals surface area contributed by atoms with E-state index in [-0.39, 0.29) is 12.5 Å². The first kappa shape index (κ1) is 10.6. The van der Waals surface area contributed by atoms with E-state index in [2.05, 4.69) is 0 Å². The van der Waals surface area contributed by atoms with Crippen LogP contribution < -0.4 is 4.90 Å². The zero-order valence-corrected chi connectivity index (χ0v) is 8.74. The molecular formula is C10H15NO3. The van der Waals surface area contributed by atoms with Crippen molar-refractivity contribution in [3.05, 3.63) is 17.9 Å². The lowest BCUT2D eigenvalue weighted by Crippen LogP contribution is -2.26. The van der Waals surface area contributed by atoms with E-state index in [4.69, 9.17) is 9.15 Å². The maximum absolute atomic E-state index is 11.1. The lowest BCUT2D eigenvalue weighted by Gasteiger charge is -2.14. The molecule has 14 heavy (non-hydrogen) atoms. The second-order valence-electron chi connectivity index (χ2n) is 3.05. The smallest absolute Gasteiger partial charge is 0.325 e. The predicted octanol–water partition coefficient (Wildman–Crippen LogP) is 1.59. The highest BCUT2D eigenvalue weighted by Gasteiger charge is 2.10. The van der Waals surface area contributed by atoms with Gasteiger partial charge in [0, 0.05) is 13.1 Å². The zero-order valence-electron chi connectivity index (χ0n) is 8.74. The van der Waals surface area contributed by atoms with E-state index in [0.29, 0.717) is 12.5 Å². The van der Waals surface area contributed by atoms with Crippen LogP contribution in [-0.2, 0) is 9.53 Å². The van der Waals surface area contributed by atoms with Gasteiger partial charge in [-0.25, -0.2) is 0 Å². The number of carbonyl (C=O) groups excluding carboxylic acids is 1. The van der Waals surface area contributed by atoms with Crippen LogP contribution in [-0.4, -0.2) is 26.2 Å².